The Morgan fingerprint density at radius 2 is 2.05 bits per heavy atom. The fourth-order valence-corrected chi connectivity index (χ4v) is 2.75. The molecule has 106 valence electrons. The summed E-state index contributed by atoms with van der Waals surface area (Å²) in [4.78, 5) is 24.8. The first kappa shape index (κ1) is 13.2. The highest BCUT2D eigenvalue weighted by Crippen LogP contribution is 2.34. The molecule has 6 heteroatoms. The predicted molar refractivity (Wildman–Crippen MR) is 66.6 cm³/mol. The lowest BCUT2D eigenvalue weighted by Gasteiger charge is -2.21. The van der Waals surface area contributed by atoms with Gasteiger partial charge in [-0.15, -0.1) is 0 Å². The van der Waals surface area contributed by atoms with Crippen molar-refractivity contribution in [3.63, 3.8) is 0 Å². The van der Waals surface area contributed by atoms with Crippen molar-refractivity contribution in [2.75, 3.05) is 11.4 Å². The van der Waals surface area contributed by atoms with Gasteiger partial charge in [-0.2, -0.15) is 0 Å². The summed E-state index contributed by atoms with van der Waals surface area (Å²) in [7, 11) is 0. The maximum Gasteiger partial charge on any atom is 0.299 e. The number of Topliss-reactive ketones (excluding diaryl/α,β-unsaturated/α-hetero) is 1. The number of ketones is 1. The Kier molecular flexibility index (Phi) is 3.05. The van der Waals surface area contributed by atoms with Crippen molar-refractivity contribution in [2.45, 2.75) is 32.0 Å². The monoisotopic (exact) mass is 281 g/mol. The van der Waals surface area contributed by atoms with Crippen LogP contribution < -0.4 is 4.90 Å². The van der Waals surface area contributed by atoms with E-state index < -0.39 is 23.3 Å². The molecule has 3 rings (SSSR count). The van der Waals surface area contributed by atoms with Crippen molar-refractivity contribution in [3.8, 4) is 0 Å². The number of halogens is 2. The van der Waals surface area contributed by atoms with Gasteiger partial charge in [0, 0.05) is 6.07 Å². The fourth-order valence-electron chi connectivity index (χ4n) is 2.75. The van der Waals surface area contributed by atoms with Crippen LogP contribution >= 0.6 is 0 Å². The SMILES string of the molecule is CC1CCC(CN2C(=O)C(=O)c3cc(F)cc(F)c32)O1. The maximum absolute atomic E-state index is 13.9. The standard InChI is InChI=1S/C14H13F2NO3/c1-7-2-3-9(20-7)6-17-12-10(13(18)14(17)19)4-8(15)5-11(12)16/h4-5,7,9H,2-3,6H2,1H3. The van der Waals surface area contributed by atoms with E-state index in [2.05, 4.69) is 0 Å². The topological polar surface area (TPSA) is 46.6 Å². The van der Waals surface area contributed by atoms with Crippen LogP contribution in [0, 0.1) is 11.6 Å². The molecule has 0 bridgehead atoms. The van der Waals surface area contributed by atoms with Crippen LogP contribution in [0.1, 0.15) is 30.1 Å². The number of carbonyl (C=O) groups is 2. The zero-order chi connectivity index (χ0) is 14.4. The van der Waals surface area contributed by atoms with Crippen LogP contribution in [0.25, 0.3) is 0 Å². The summed E-state index contributed by atoms with van der Waals surface area (Å²) in [5, 5.41) is 0. The van der Waals surface area contributed by atoms with Crippen molar-refractivity contribution >= 4 is 17.4 Å². The van der Waals surface area contributed by atoms with E-state index >= 15 is 0 Å². The Hall–Kier alpha value is -1.82. The lowest BCUT2D eigenvalue weighted by Crippen LogP contribution is -2.37. The van der Waals surface area contributed by atoms with Crippen LogP contribution in [-0.2, 0) is 9.53 Å². The molecule has 0 spiro atoms. The molecule has 1 aromatic carbocycles. The molecule has 20 heavy (non-hydrogen) atoms. The van der Waals surface area contributed by atoms with E-state index in [-0.39, 0.29) is 30.0 Å². The van der Waals surface area contributed by atoms with Crippen LogP contribution in [0.15, 0.2) is 12.1 Å². The van der Waals surface area contributed by atoms with Gasteiger partial charge >= 0.3 is 0 Å². The largest absolute Gasteiger partial charge is 0.373 e. The van der Waals surface area contributed by atoms with Gasteiger partial charge in [0.25, 0.3) is 11.7 Å². The second-order valence-corrected chi connectivity index (χ2v) is 5.17. The number of anilines is 1. The molecule has 1 amide bonds. The second-order valence-electron chi connectivity index (χ2n) is 5.17. The Balaban J connectivity index is 1.94. The Bertz CT molecular complexity index is 602. The molecular weight excluding hydrogens is 268 g/mol. The summed E-state index contributed by atoms with van der Waals surface area (Å²) in [6, 6.07) is 1.58. The average molecular weight is 281 g/mol. The maximum atomic E-state index is 13.9. The van der Waals surface area contributed by atoms with Gasteiger partial charge in [0.1, 0.15) is 5.82 Å². The van der Waals surface area contributed by atoms with Crippen molar-refractivity contribution < 1.29 is 23.1 Å². The molecule has 1 aromatic rings. The summed E-state index contributed by atoms with van der Waals surface area (Å²) in [5.74, 6) is -3.46. The van der Waals surface area contributed by atoms with Crippen LogP contribution in [0.4, 0.5) is 14.5 Å². The third-order valence-electron chi connectivity index (χ3n) is 3.69. The summed E-state index contributed by atoms with van der Waals surface area (Å²) in [6.45, 7) is 2.03. The third-order valence-corrected chi connectivity index (χ3v) is 3.69. The zero-order valence-corrected chi connectivity index (χ0v) is 10.9. The number of nitrogens with zero attached hydrogens (tertiary/aromatic N) is 1. The lowest BCUT2D eigenvalue weighted by atomic mass is 10.1. The molecule has 2 unspecified atom stereocenters. The summed E-state index contributed by atoms with van der Waals surface area (Å²) in [6.07, 6.45) is 1.47. The highest BCUT2D eigenvalue weighted by atomic mass is 19.1. The number of benzene rings is 1. The van der Waals surface area contributed by atoms with E-state index in [1.807, 2.05) is 6.92 Å². The van der Waals surface area contributed by atoms with Crippen molar-refractivity contribution in [2.24, 2.45) is 0 Å². The fraction of sp³-hybridized carbons (Fsp3) is 0.429. The third kappa shape index (κ3) is 2.00. The van der Waals surface area contributed by atoms with Gasteiger partial charge in [0.15, 0.2) is 5.82 Å². The molecule has 0 radical (unpaired) electrons. The molecule has 1 fully saturated rings. The number of amides is 1. The number of fused-ring (bicyclic) bond motifs is 1. The van der Waals surface area contributed by atoms with E-state index in [1.54, 1.807) is 0 Å². The van der Waals surface area contributed by atoms with Crippen molar-refractivity contribution in [1.29, 1.82) is 0 Å². The summed E-state index contributed by atoms with van der Waals surface area (Å²) in [5.41, 5.74) is -0.344. The highest BCUT2D eigenvalue weighted by molar-refractivity contribution is 6.52. The minimum atomic E-state index is -0.898. The van der Waals surface area contributed by atoms with Crippen molar-refractivity contribution in [3.05, 3.63) is 29.3 Å². The number of carbonyl (C=O) groups excluding carboxylic acids is 2. The average Bonchev–Trinajstić information content (AvgIpc) is 2.88. The van der Waals surface area contributed by atoms with Gasteiger partial charge in [-0.25, -0.2) is 8.78 Å². The van der Waals surface area contributed by atoms with Gasteiger partial charge in [0.2, 0.25) is 0 Å². The zero-order valence-electron chi connectivity index (χ0n) is 10.9. The number of hydrogen-bond donors (Lipinski definition) is 0. The first-order chi connectivity index (χ1) is 9.47. The summed E-state index contributed by atoms with van der Waals surface area (Å²) < 4.78 is 32.6. The van der Waals surface area contributed by atoms with Gasteiger partial charge in [0.05, 0.1) is 30.0 Å². The molecule has 0 saturated carbocycles. The predicted octanol–water partition coefficient (Wildman–Crippen LogP) is 2.06. The first-order valence-corrected chi connectivity index (χ1v) is 6.48. The van der Waals surface area contributed by atoms with Crippen molar-refractivity contribution in [1.82, 2.24) is 0 Å². The van der Waals surface area contributed by atoms with Crippen LogP contribution in [0.2, 0.25) is 0 Å². The van der Waals surface area contributed by atoms with Crippen LogP contribution in [-0.4, -0.2) is 30.4 Å². The first-order valence-electron chi connectivity index (χ1n) is 6.48. The van der Waals surface area contributed by atoms with E-state index in [1.165, 1.54) is 0 Å². The van der Waals surface area contributed by atoms with E-state index in [0.717, 1.165) is 23.8 Å². The normalized spacial score (nSPS) is 25.4. The second kappa shape index (κ2) is 4.63. The molecular formula is C14H13F2NO3. The molecule has 2 aliphatic rings. The van der Waals surface area contributed by atoms with Gasteiger partial charge < -0.3 is 4.74 Å². The van der Waals surface area contributed by atoms with Crippen LogP contribution in [0.3, 0.4) is 0 Å². The Morgan fingerprint density at radius 1 is 1.30 bits per heavy atom. The number of hydrogen-bond acceptors (Lipinski definition) is 3. The quantitative estimate of drug-likeness (QED) is 0.780. The minimum Gasteiger partial charge on any atom is -0.373 e. The number of rotatable bonds is 2. The molecule has 2 atom stereocenters. The van der Waals surface area contributed by atoms with E-state index in [0.29, 0.717) is 6.07 Å². The highest BCUT2D eigenvalue weighted by Gasteiger charge is 2.40. The number of ether oxygens (including phenoxy) is 1. The minimum absolute atomic E-state index is 0.0888. The lowest BCUT2D eigenvalue weighted by molar-refractivity contribution is -0.114. The Labute approximate surface area is 114 Å². The molecule has 2 heterocycles. The van der Waals surface area contributed by atoms with E-state index in [9.17, 15) is 18.4 Å². The Morgan fingerprint density at radius 3 is 2.70 bits per heavy atom. The van der Waals surface area contributed by atoms with Gasteiger partial charge in [-0.1, -0.05) is 0 Å². The van der Waals surface area contributed by atoms with Crippen LogP contribution in [0.5, 0.6) is 0 Å². The van der Waals surface area contributed by atoms with Gasteiger partial charge in [-0.3, -0.25) is 14.5 Å². The molecule has 0 aromatic heterocycles. The molecule has 1 saturated heterocycles. The molecule has 2 aliphatic heterocycles. The molecule has 0 aliphatic carbocycles. The summed E-state index contributed by atoms with van der Waals surface area (Å²) >= 11 is 0. The molecule has 0 N–H and O–H groups in total. The molecule has 4 nitrogen and oxygen atoms in total. The smallest absolute Gasteiger partial charge is 0.299 e. The van der Waals surface area contributed by atoms with E-state index in [4.69, 9.17) is 4.74 Å². The van der Waals surface area contributed by atoms with Gasteiger partial charge in [-0.05, 0) is 25.8 Å².